The first-order chi connectivity index (χ1) is 7.76. The summed E-state index contributed by atoms with van der Waals surface area (Å²) < 4.78 is 5.19. The van der Waals surface area contributed by atoms with Crippen LogP contribution in [0.5, 0.6) is 0 Å². The summed E-state index contributed by atoms with van der Waals surface area (Å²) in [5.41, 5.74) is 5.60. The zero-order valence-electron chi connectivity index (χ0n) is 10.00. The molecule has 0 aromatic carbocycles. The van der Waals surface area contributed by atoms with E-state index in [9.17, 15) is 4.79 Å². The lowest BCUT2D eigenvalue weighted by Gasteiger charge is -2.18. The second-order valence-electron chi connectivity index (χ2n) is 4.25. The molecule has 2 amide bonds. The van der Waals surface area contributed by atoms with E-state index in [0.29, 0.717) is 13.2 Å². The van der Waals surface area contributed by atoms with Crippen molar-refractivity contribution < 1.29 is 9.53 Å². The van der Waals surface area contributed by atoms with Gasteiger partial charge in [0.15, 0.2) is 0 Å². The Kier molecular flexibility index (Phi) is 6.18. The Bertz CT molecular complexity index is 205. The van der Waals surface area contributed by atoms with Crippen LogP contribution in [0.2, 0.25) is 0 Å². The lowest BCUT2D eigenvalue weighted by molar-refractivity contribution is 0.188. The van der Waals surface area contributed by atoms with Crippen LogP contribution < -0.4 is 16.4 Å². The zero-order valence-corrected chi connectivity index (χ0v) is 10.00. The zero-order chi connectivity index (χ0) is 11.8. The molecule has 1 heterocycles. The van der Waals surface area contributed by atoms with Crippen LogP contribution in [-0.4, -0.2) is 37.9 Å². The highest BCUT2D eigenvalue weighted by Crippen LogP contribution is 2.03. The van der Waals surface area contributed by atoms with Crippen LogP contribution in [0.1, 0.15) is 32.6 Å². The van der Waals surface area contributed by atoms with Crippen molar-refractivity contribution in [3.05, 3.63) is 0 Å². The van der Waals surface area contributed by atoms with E-state index in [2.05, 4.69) is 17.6 Å². The molecule has 1 saturated heterocycles. The number of amides is 2. The number of hydrogen-bond acceptors (Lipinski definition) is 3. The quantitative estimate of drug-likeness (QED) is 0.624. The van der Waals surface area contributed by atoms with Crippen molar-refractivity contribution in [2.45, 2.75) is 44.7 Å². The molecule has 0 spiro atoms. The van der Waals surface area contributed by atoms with Gasteiger partial charge in [0.05, 0.1) is 12.6 Å². The normalized spacial score (nSPS) is 21.8. The maximum Gasteiger partial charge on any atom is 0.315 e. The molecule has 0 saturated carbocycles. The number of nitrogens with one attached hydrogen (secondary N) is 2. The van der Waals surface area contributed by atoms with E-state index in [1.54, 1.807) is 0 Å². The first kappa shape index (κ1) is 13.3. The van der Waals surface area contributed by atoms with Gasteiger partial charge < -0.3 is 21.1 Å². The minimum atomic E-state index is -0.123. The van der Waals surface area contributed by atoms with Gasteiger partial charge in [-0.15, -0.1) is 0 Å². The monoisotopic (exact) mass is 229 g/mol. The summed E-state index contributed by atoms with van der Waals surface area (Å²) in [7, 11) is 0. The molecule has 0 bridgehead atoms. The Morgan fingerprint density at radius 2 is 2.44 bits per heavy atom. The highest BCUT2D eigenvalue weighted by molar-refractivity contribution is 5.74. The Balaban J connectivity index is 2.19. The van der Waals surface area contributed by atoms with E-state index >= 15 is 0 Å². The minimum absolute atomic E-state index is 0.0854. The topological polar surface area (TPSA) is 76.4 Å². The van der Waals surface area contributed by atoms with Gasteiger partial charge in [0.25, 0.3) is 0 Å². The molecule has 16 heavy (non-hydrogen) atoms. The number of carbonyl (C=O) groups is 1. The minimum Gasteiger partial charge on any atom is -0.379 e. The summed E-state index contributed by atoms with van der Waals surface area (Å²) >= 11 is 0. The van der Waals surface area contributed by atoms with Gasteiger partial charge in [0.2, 0.25) is 0 Å². The molecular weight excluding hydrogens is 206 g/mol. The van der Waals surface area contributed by atoms with E-state index in [0.717, 1.165) is 32.3 Å². The van der Waals surface area contributed by atoms with Crippen LogP contribution in [0.4, 0.5) is 4.79 Å². The van der Waals surface area contributed by atoms with Crippen LogP contribution in [0, 0.1) is 0 Å². The van der Waals surface area contributed by atoms with Crippen LogP contribution in [-0.2, 0) is 4.74 Å². The van der Waals surface area contributed by atoms with Crippen LogP contribution in [0.25, 0.3) is 0 Å². The average molecular weight is 229 g/mol. The second kappa shape index (κ2) is 7.46. The maximum atomic E-state index is 11.6. The molecule has 4 N–H and O–H groups in total. The molecule has 0 aromatic rings. The Hall–Kier alpha value is -0.810. The molecule has 1 aliphatic rings. The van der Waals surface area contributed by atoms with Gasteiger partial charge in [-0.2, -0.15) is 0 Å². The van der Waals surface area contributed by atoms with Gasteiger partial charge in [0.1, 0.15) is 0 Å². The summed E-state index contributed by atoms with van der Waals surface area (Å²) in [5, 5.41) is 5.79. The first-order valence-corrected chi connectivity index (χ1v) is 6.11. The Labute approximate surface area is 97.1 Å². The first-order valence-electron chi connectivity index (χ1n) is 6.11. The predicted molar refractivity (Wildman–Crippen MR) is 63.3 cm³/mol. The molecule has 1 rings (SSSR count). The molecule has 0 aliphatic carbocycles. The molecular formula is C11H23N3O2. The fourth-order valence-electron chi connectivity index (χ4n) is 1.76. The van der Waals surface area contributed by atoms with Gasteiger partial charge in [-0.25, -0.2) is 4.79 Å². The van der Waals surface area contributed by atoms with Crippen molar-refractivity contribution in [2.75, 3.05) is 19.8 Å². The Morgan fingerprint density at radius 3 is 3.00 bits per heavy atom. The summed E-state index contributed by atoms with van der Waals surface area (Å²) in [4.78, 5) is 11.6. The van der Waals surface area contributed by atoms with Crippen molar-refractivity contribution in [3.63, 3.8) is 0 Å². The van der Waals surface area contributed by atoms with E-state index in [4.69, 9.17) is 10.5 Å². The van der Waals surface area contributed by atoms with Crippen LogP contribution >= 0.6 is 0 Å². The highest BCUT2D eigenvalue weighted by Gasteiger charge is 2.18. The average Bonchev–Trinajstić information content (AvgIpc) is 2.76. The lowest BCUT2D eigenvalue weighted by atomic mass is 10.1. The molecule has 0 radical (unpaired) electrons. The maximum absolute atomic E-state index is 11.6. The second-order valence-corrected chi connectivity index (χ2v) is 4.25. The molecule has 0 aromatic heterocycles. The van der Waals surface area contributed by atoms with Gasteiger partial charge >= 0.3 is 6.03 Å². The number of ether oxygens (including phenoxy) is 1. The van der Waals surface area contributed by atoms with Crippen molar-refractivity contribution in [3.8, 4) is 0 Å². The van der Waals surface area contributed by atoms with Gasteiger partial charge in [-0.1, -0.05) is 19.8 Å². The number of rotatable bonds is 6. The van der Waals surface area contributed by atoms with E-state index in [1.807, 2.05) is 0 Å². The molecule has 5 nitrogen and oxygen atoms in total. The number of urea groups is 1. The molecule has 2 unspecified atom stereocenters. The smallest absolute Gasteiger partial charge is 0.315 e. The van der Waals surface area contributed by atoms with Gasteiger partial charge in [-0.3, -0.25) is 0 Å². The fourth-order valence-corrected chi connectivity index (χ4v) is 1.76. The number of nitrogens with two attached hydrogens (primary N) is 1. The van der Waals surface area contributed by atoms with E-state index in [1.165, 1.54) is 0 Å². The summed E-state index contributed by atoms with van der Waals surface area (Å²) in [6.45, 7) is 3.98. The standard InChI is InChI=1S/C11H23N3O2/c1-2-3-4-9(7-12)13-11(15)14-10-5-6-16-8-10/h9-10H,2-8,12H2,1H3,(H2,13,14,15). The molecule has 1 aliphatic heterocycles. The van der Waals surface area contributed by atoms with Crippen LogP contribution in [0.3, 0.4) is 0 Å². The van der Waals surface area contributed by atoms with Crippen molar-refractivity contribution in [1.29, 1.82) is 0 Å². The van der Waals surface area contributed by atoms with Crippen molar-refractivity contribution in [1.82, 2.24) is 10.6 Å². The largest absolute Gasteiger partial charge is 0.379 e. The van der Waals surface area contributed by atoms with Crippen molar-refractivity contribution >= 4 is 6.03 Å². The summed E-state index contributed by atoms with van der Waals surface area (Å²) in [6.07, 6.45) is 4.06. The molecule has 2 atom stereocenters. The summed E-state index contributed by atoms with van der Waals surface area (Å²) in [5.74, 6) is 0. The lowest BCUT2D eigenvalue weighted by Crippen LogP contribution is -2.48. The van der Waals surface area contributed by atoms with E-state index < -0.39 is 0 Å². The molecule has 1 fully saturated rings. The summed E-state index contributed by atoms with van der Waals surface area (Å²) in [6, 6.07) is 0.119. The van der Waals surface area contributed by atoms with Gasteiger partial charge in [0, 0.05) is 19.2 Å². The third kappa shape index (κ3) is 4.81. The number of carbonyl (C=O) groups excluding carboxylic acids is 1. The van der Waals surface area contributed by atoms with Crippen molar-refractivity contribution in [2.24, 2.45) is 5.73 Å². The fraction of sp³-hybridized carbons (Fsp3) is 0.909. The number of hydrogen-bond donors (Lipinski definition) is 3. The third-order valence-electron chi connectivity index (χ3n) is 2.79. The highest BCUT2D eigenvalue weighted by atomic mass is 16.5. The van der Waals surface area contributed by atoms with Gasteiger partial charge in [-0.05, 0) is 12.8 Å². The van der Waals surface area contributed by atoms with Crippen LogP contribution in [0.15, 0.2) is 0 Å². The SMILES string of the molecule is CCCCC(CN)NC(=O)NC1CCOC1. The van der Waals surface area contributed by atoms with E-state index in [-0.39, 0.29) is 18.1 Å². The Morgan fingerprint density at radius 1 is 1.62 bits per heavy atom. The number of unbranched alkanes of at least 4 members (excludes halogenated alkanes) is 1. The predicted octanol–water partition coefficient (Wildman–Crippen LogP) is 0.592. The third-order valence-corrected chi connectivity index (χ3v) is 2.79. The molecule has 5 heteroatoms. The molecule has 94 valence electrons.